The van der Waals surface area contributed by atoms with Crippen LogP contribution in [-0.2, 0) is 0 Å². The predicted molar refractivity (Wildman–Crippen MR) is 51.1 cm³/mol. The van der Waals surface area contributed by atoms with Gasteiger partial charge in [0, 0.05) is 10.2 Å². The van der Waals surface area contributed by atoms with E-state index < -0.39 is 0 Å². The zero-order chi connectivity index (χ0) is 6.69. The molecule has 0 radical (unpaired) electrons. The van der Waals surface area contributed by atoms with Gasteiger partial charge in [0.05, 0.1) is 4.58 Å². The molecule has 1 aliphatic heterocycles. The molecule has 1 fully saturated rings. The molecule has 0 aromatic heterocycles. The molecule has 0 nitrogen and oxygen atoms in total. The van der Waals surface area contributed by atoms with Crippen molar-refractivity contribution in [2.75, 3.05) is 10.2 Å². The van der Waals surface area contributed by atoms with E-state index in [2.05, 4.69) is 37.4 Å². The molecule has 3 heteroatoms. The molecule has 1 heterocycles. The molecule has 0 aromatic carbocycles. The summed E-state index contributed by atoms with van der Waals surface area (Å²) in [6.07, 6.45) is 0. The summed E-state index contributed by atoms with van der Waals surface area (Å²) in [6.45, 7) is 4.61. The van der Waals surface area contributed by atoms with Crippen LogP contribution in [0.25, 0.3) is 0 Å². The average Bonchev–Trinajstić information content (AvgIpc) is 1.90. The lowest BCUT2D eigenvalue weighted by Crippen LogP contribution is -2.10. The van der Waals surface area contributed by atoms with E-state index >= 15 is 0 Å². The molecule has 0 saturated carbocycles. The third-order valence-corrected chi connectivity index (χ3v) is 6.16. The fourth-order valence-corrected chi connectivity index (χ4v) is 5.58. The van der Waals surface area contributed by atoms with E-state index in [9.17, 15) is 0 Å². The number of hydrogen-bond donors (Lipinski definition) is 0. The Hall–Kier alpha value is 1.05. The van der Waals surface area contributed by atoms with Gasteiger partial charge in [-0.25, -0.2) is 0 Å². The summed E-state index contributed by atoms with van der Waals surface area (Å²) in [5, 5.41) is 2.60. The summed E-state index contributed by atoms with van der Waals surface area (Å²) < 4.78 is 0.867. The van der Waals surface area contributed by atoms with Crippen molar-refractivity contribution < 1.29 is 0 Å². The third-order valence-electron chi connectivity index (χ3n) is 1.18. The fourth-order valence-electron chi connectivity index (χ4n) is 0.697. The Morgan fingerprint density at radius 1 is 1.22 bits per heavy atom. The highest BCUT2D eigenvalue weighted by molar-refractivity contribution is 8.32. The smallest absolute Gasteiger partial charge is 0.0541 e. The maximum atomic E-state index is 2.31. The van der Waals surface area contributed by atoms with Gasteiger partial charge in [-0.1, -0.05) is 13.8 Å². The second-order valence-electron chi connectivity index (χ2n) is 2.39. The molecule has 0 atom stereocenters. The highest BCUT2D eigenvalue weighted by Crippen LogP contribution is 2.39. The third kappa shape index (κ3) is 2.64. The van der Waals surface area contributed by atoms with Gasteiger partial charge in [0.2, 0.25) is 0 Å². The zero-order valence-electron chi connectivity index (χ0n) is 5.79. The molecule has 1 aliphatic rings. The van der Waals surface area contributed by atoms with E-state index in [1.807, 2.05) is 11.8 Å². The van der Waals surface area contributed by atoms with Crippen LogP contribution >= 0.6 is 35.3 Å². The molecule has 0 aromatic rings. The van der Waals surface area contributed by atoms with Crippen molar-refractivity contribution in [1.82, 2.24) is 0 Å². The molecule has 0 N–H and O–H groups in total. The van der Waals surface area contributed by atoms with E-state index in [0.29, 0.717) is 0 Å². The zero-order valence-corrected chi connectivity index (χ0v) is 8.24. The Labute approximate surface area is 69.9 Å². The van der Waals surface area contributed by atoms with E-state index in [0.717, 1.165) is 10.5 Å². The molecule has 54 valence electrons. The van der Waals surface area contributed by atoms with Crippen LogP contribution < -0.4 is 0 Å². The summed E-state index contributed by atoms with van der Waals surface area (Å²) >= 11 is 6.24. The van der Waals surface area contributed by atoms with E-state index in [-0.39, 0.29) is 0 Å². The van der Waals surface area contributed by atoms with Gasteiger partial charge in [-0.05, 0) is 5.92 Å². The van der Waals surface area contributed by atoms with Gasteiger partial charge in [-0.3, -0.25) is 0 Å². The van der Waals surface area contributed by atoms with E-state index in [1.165, 1.54) is 10.2 Å². The standard InChI is InChI=1S/C6H12S3/c1-5(2)6-8-3-7-4-9-6/h5-6H,3-4H2,1-2H3. The number of hydrogen-bond acceptors (Lipinski definition) is 3. The van der Waals surface area contributed by atoms with Crippen molar-refractivity contribution in [3.05, 3.63) is 0 Å². The minimum atomic E-state index is 0.848. The van der Waals surface area contributed by atoms with Gasteiger partial charge in [-0.2, -0.15) is 0 Å². The summed E-state index contributed by atoms with van der Waals surface area (Å²) in [6, 6.07) is 0. The molecule has 1 rings (SSSR count). The maximum Gasteiger partial charge on any atom is 0.0541 e. The van der Waals surface area contributed by atoms with Crippen molar-refractivity contribution in [3.63, 3.8) is 0 Å². The lowest BCUT2D eigenvalue weighted by Gasteiger charge is -2.23. The van der Waals surface area contributed by atoms with Crippen molar-refractivity contribution in [2.45, 2.75) is 18.4 Å². The first-order valence-corrected chi connectivity index (χ1v) is 6.37. The van der Waals surface area contributed by atoms with Crippen LogP contribution in [0.2, 0.25) is 0 Å². The van der Waals surface area contributed by atoms with Crippen LogP contribution in [0, 0.1) is 5.92 Å². The molecule has 9 heavy (non-hydrogen) atoms. The van der Waals surface area contributed by atoms with Crippen LogP contribution in [-0.4, -0.2) is 14.8 Å². The van der Waals surface area contributed by atoms with E-state index in [1.54, 1.807) is 0 Å². The molecular formula is C6H12S3. The number of rotatable bonds is 1. The Morgan fingerprint density at radius 2 is 1.78 bits per heavy atom. The lowest BCUT2D eigenvalue weighted by molar-refractivity contribution is 0.721. The monoisotopic (exact) mass is 180 g/mol. The topological polar surface area (TPSA) is 0 Å². The van der Waals surface area contributed by atoms with Crippen LogP contribution in [0.3, 0.4) is 0 Å². The Bertz CT molecular complexity index is 76.4. The van der Waals surface area contributed by atoms with Crippen molar-refractivity contribution in [2.24, 2.45) is 5.92 Å². The molecule has 0 aliphatic carbocycles. The molecular weight excluding hydrogens is 168 g/mol. The summed E-state index contributed by atoms with van der Waals surface area (Å²) in [5.41, 5.74) is 0. The Balaban J connectivity index is 2.23. The van der Waals surface area contributed by atoms with Crippen molar-refractivity contribution >= 4 is 35.3 Å². The molecule has 0 spiro atoms. The highest BCUT2D eigenvalue weighted by Gasteiger charge is 2.17. The number of thioether (sulfide) groups is 3. The predicted octanol–water partition coefficient (Wildman–Crippen LogP) is 3.10. The van der Waals surface area contributed by atoms with Crippen molar-refractivity contribution in [1.29, 1.82) is 0 Å². The van der Waals surface area contributed by atoms with E-state index in [4.69, 9.17) is 0 Å². The van der Waals surface area contributed by atoms with Gasteiger partial charge >= 0.3 is 0 Å². The lowest BCUT2D eigenvalue weighted by atomic mass is 10.3. The SMILES string of the molecule is CC(C)C1SCSCS1. The van der Waals surface area contributed by atoms with Crippen LogP contribution in [0.4, 0.5) is 0 Å². The van der Waals surface area contributed by atoms with Gasteiger partial charge in [-0.15, -0.1) is 35.3 Å². The van der Waals surface area contributed by atoms with Gasteiger partial charge in [0.1, 0.15) is 0 Å². The van der Waals surface area contributed by atoms with Crippen molar-refractivity contribution in [3.8, 4) is 0 Å². The first-order chi connectivity index (χ1) is 4.30. The molecule has 0 unspecified atom stereocenters. The minimum Gasteiger partial charge on any atom is -0.140 e. The molecule has 0 bridgehead atoms. The Kier molecular flexibility index (Phi) is 3.66. The first-order valence-electron chi connectivity index (χ1n) is 3.11. The summed E-state index contributed by atoms with van der Waals surface area (Å²) in [7, 11) is 0. The average molecular weight is 180 g/mol. The van der Waals surface area contributed by atoms with Gasteiger partial charge in [0.25, 0.3) is 0 Å². The minimum absolute atomic E-state index is 0.848. The van der Waals surface area contributed by atoms with Crippen LogP contribution in [0.1, 0.15) is 13.8 Å². The van der Waals surface area contributed by atoms with Crippen LogP contribution in [0.5, 0.6) is 0 Å². The fraction of sp³-hybridized carbons (Fsp3) is 1.00. The largest absolute Gasteiger partial charge is 0.140 e. The highest BCUT2D eigenvalue weighted by atomic mass is 32.3. The van der Waals surface area contributed by atoms with Gasteiger partial charge in [0.15, 0.2) is 0 Å². The second-order valence-corrected chi connectivity index (χ2v) is 6.66. The maximum absolute atomic E-state index is 2.31. The van der Waals surface area contributed by atoms with Gasteiger partial charge < -0.3 is 0 Å². The molecule has 1 saturated heterocycles. The van der Waals surface area contributed by atoms with Crippen LogP contribution in [0.15, 0.2) is 0 Å². The molecule has 0 amide bonds. The summed E-state index contributed by atoms with van der Waals surface area (Å²) in [5.74, 6) is 0.848. The quantitative estimate of drug-likeness (QED) is 0.608. The summed E-state index contributed by atoms with van der Waals surface area (Å²) in [4.78, 5) is 0. The first kappa shape index (κ1) is 8.15. The second kappa shape index (κ2) is 4.04. The Morgan fingerprint density at radius 3 is 2.11 bits per heavy atom. The normalized spacial score (nSPS) is 23.0.